The van der Waals surface area contributed by atoms with E-state index in [4.69, 9.17) is 16.3 Å². The number of rotatable bonds is 6. The molecule has 0 aromatic heterocycles. The lowest BCUT2D eigenvalue weighted by Gasteiger charge is -2.44. The SMILES string of the molecule is COc1cccc(CN2CCCN(Cc3ccccc3F)[C@@H]2c2ccccc2Cl)c1. The number of hydrogen-bond acceptors (Lipinski definition) is 3. The Morgan fingerprint density at radius 3 is 2.43 bits per heavy atom. The minimum atomic E-state index is -0.166. The third-order valence-corrected chi connectivity index (χ3v) is 5.96. The van der Waals surface area contributed by atoms with Gasteiger partial charge >= 0.3 is 0 Å². The Morgan fingerprint density at radius 1 is 0.933 bits per heavy atom. The summed E-state index contributed by atoms with van der Waals surface area (Å²) in [5.41, 5.74) is 2.94. The van der Waals surface area contributed by atoms with E-state index in [1.807, 2.05) is 42.5 Å². The van der Waals surface area contributed by atoms with E-state index in [2.05, 4.69) is 28.0 Å². The fraction of sp³-hybridized carbons (Fsp3) is 0.280. The Labute approximate surface area is 182 Å². The van der Waals surface area contributed by atoms with E-state index in [0.29, 0.717) is 12.1 Å². The van der Waals surface area contributed by atoms with Crippen molar-refractivity contribution in [2.45, 2.75) is 25.7 Å². The van der Waals surface area contributed by atoms with Gasteiger partial charge in [0.25, 0.3) is 0 Å². The van der Waals surface area contributed by atoms with Gasteiger partial charge in [0, 0.05) is 42.3 Å². The predicted molar refractivity (Wildman–Crippen MR) is 119 cm³/mol. The van der Waals surface area contributed by atoms with Crippen LogP contribution in [0.4, 0.5) is 4.39 Å². The maximum atomic E-state index is 14.4. The van der Waals surface area contributed by atoms with Gasteiger partial charge in [-0.2, -0.15) is 0 Å². The van der Waals surface area contributed by atoms with Crippen LogP contribution in [0.1, 0.15) is 29.3 Å². The maximum absolute atomic E-state index is 14.4. The van der Waals surface area contributed by atoms with E-state index in [1.165, 1.54) is 11.6 Å². The Kier molecular flexibility index (Phi) is 6.68. The first-order valence-corrected chi connectivity index (χ1v) is 10.6. The van der Waals surface area contributed by atoms with Gasteiger partial charge in [0.2, 0.25) is 0 Å². The summed E-state index contributed by atoms with van der Waals surface area (Å²) in [5.74, 6) is 0.683. The molecule has 1 aliphatic rings. The highest BCUT2D eigenvalue weighted by molar-refractivity contribution is 6.31. The van der Waals surface area contributed by atoms with E-state index in [1.54, 1.807) is 13.2 Å². The molecule has 0 amide bonds. The number of nitrogens with zero attached hydrogens (tertiary/aromatic N) is 2. The lowest BCUT2D eigenvalue weighted by atomic mass is 10.0. The summed E-state index contributed by atoms with van der Waals surface area (Å²) >= 11 is 6.63. The Morgan fingerprint density at radius 2 is 1.67 bits per heavy atom. The fourth-order valence-electron chi connectivity index (χ4n) is 4.21. The zero-order valence-electron chi connectivity index (χ0n) is 17.1. The van der Waals surface area contributed by atoms with Crippen LogP contribution in [0.2, 0.25) is 5.02 Å². The lowest BCUT2D eigenvalue weighted by Crippen LogP contribution is -2.47. The molecule has 1 aliphatic heterocycles. The average Bonchev–Trinajstić information content (AvgIpc) is 2.76. The second-order valence-electron chi connectivity index (χ2n) is 7.63. The van der Waals surface area contributed by atoms with E-state index >= 15 is 0 Å². The van der Waals surface area contributed by atoms with E-state index in [9.17, 15) is 4.39 Å². The smallest absolute Gasteiger partial charge is 0.127 e. The zero-order valence-corrected chi connectivity index (χ0v) is 17.9. The first-order chi connectivity index (χ1) is 14.7. The average molecular weight is 425 g/mol. The van der Waals surface area contributed by atoms with Crippen molar-refractivity contribution < 1.29 is 9.13 Å². The van der Waals surface area contributed by atoms with Gasteiger partial charge in [-0.15, -0.1) is 0 Å². The number of halogens is 2. The van der Waals surface area contributed by atoms with Gasteiger partial charge in [0.15, 0.2) is 0 Å². The van der Waals surface area contributed by atoms with Crippen LogP contribution in [0.25, 0.3) is 0 Å². The van der Waals surface area contributed by atoms with Gasteiger partial charge in [-0.25, -0.2) is 4.39 Å². The highest BCUT2D eigenvalue weighted by Gasteiger charge is 2.32. The summed E-state index contributed by atoms with van der Waals surface area (Å²) in [7, 11) is 1.68. The molecule has 3 aromatic rings. The molecule has 3 nitrogen and oxygen atoms in total. The number of ether oxygens (including phenoxy) is 1. The summed E-state index contributed by atoms with van der Waals surface area (Å²) in [4.78, 5) is 4.74. The molecule has 0 unspecified atom stereocenters. The van der Waals surface area contributed by atoms with Gasteiger partial charge in [-0.3, -0.25) is 9.80 Å². The van der Waals surface area contributed by atoms with Crippen LogP contribution < -0.4 is 4.74 Å². The third-order valence-electron chi connectivity index (χ3n) is 5.62. The van der Waals surface area contributed by atoms with Gasteiger partial charge in [-0.05, 0) is 36.2 Å². The molecule has 1 heterocycles. The number of benzene rings is 3. The second kappa shape index (κ2) is 9.61. The van der Waals surface area contributed by atoms with Crippen LogP contribution in [0, 0.1) is 5.82 Å². The van der Waals surface area contributed by atoms with Crippen molar-refractivity contribution in [3.63, 3.8) is 0 Å². The second-order valence-corrected chi connectivity index (χ2v) is 8.04. The molecular formula is C25H26ClFN2O. The summed E-state index contributed by atoms with van der Waals surface area (Å²) < 4.78 is 19.8. The van der Waals surface area contributed by atoms with Gasteiger partial charge in [0.1, 0.15) is 11.6 Å². The molecule has 1 atom stereocenters. The first-order valence-electron chi connectivity index (χ1n) is 10.2. The standard InChI is InChI=1S/C25H26ClFN2O/c1-30-21-10-6-8-19(16-21)17-28-14-7-15-29(18-20-9-2-5-13-24(20)27)25(28)22-11-3-4-12-23(22)26/h2-6,8-13,16,25H,7,14-15,17-18H2,1H3/t25-/m1/s1. The molecule has 5 heteroatoms. The van der Waals surface area contributed by atoms with E-state index < -0.39 is 0 Å². The van der Waals surface area contributed by atoms with Crippen LogP contribution in [0.5, 0.6) is 5.75 Å². The van der Waals surface area contributed by atoms with Crippen molar-refractivity contribution in [3.8, 4) is 5.75 Å². The van der Waals surface area contributed by atoms with Crippen molar-refractivity contribution in [2.24, 2.45) is 0 Å². The van der Waals surface area contributed by atoms with Crippen LogP contribution in [0.3, 0.4) is 0 Å². The van der Waals surface area contributed by atoms with E-state index in [-0.39, 0.29) is 12.0 Å². The molecule has 0 bridgehead atoms. The fourth-order valence-corrected chi connectivity index (χ4v) is 4.45. The molecule has 0 saturated carbocycles. The Hall–Kier alpha value is -2.40. The Balaban J connectivity index is 1.67. The highest BCUT2D eigenvalue weighted by atomic mass is 35.5. The molecule has 1 fully saturated rings. The minimum Gasteiger partial charge on any atom is -0.497 e. The van der Waals surface area contributed by atoms with Gasteiger partial charge in [-0.1, -0.05) is 60.1 Å². The normalized spacial score (nSPS) is 17.8. The molecule has 4 rings (SSSR count). The Bertz CT molecular complexity index is 996. The third kappa shape index (κ3) is 4.67. The van der Waals surface area contributed by atoms with Crippen LogP contribution in [-0.4, -0.2) is 30.0 Å². The van der Waals surface area contributed by atoms with Crippen molar-refractivity contribution in [1.82, 2.24) is 9.80 Å². The zero-order chi connectivity index (χ0) is 20.9. The van der Waals surface area contributed by atoms with Crippen molar-refractivity contribution in [1.29, 1.82) is 0 Å². The molecule has 0 spiro atoms. The molecule has 0 radical (unpaired) electrons. The van der Waals surface area contributed by atoms with Crippen LogP contribution in [-0.2, 0) is 13.1 Å². The van der Waals surface area contributed by atoms with E-state index in [0.717, 1.165) is 42.4 Å². The summed E-state index contributed by atoms with van der Waals surface area (Å²) in [6, 6.07) is 23.1. The van der Waals surface area contributed by atoms with Gasteiger partial charge in [0.05, 0.1) is 13.3 Å². The summed E-state index contributed by atoms with van der Waals surface area (Å²) in [6.07, 6.45) is 0.984. The number of methoxy groups -OCH3 is 1. The quantitative estimate of drug-likeness (QED) is 0.490. The number of hydrogen-bond donors (Lipinski definition) is 0. The molecule has 30 heavy (non-hydrogen) atoms. The van der Waals surface area contributed by atoms with Gasteiger partial charge < -0.3 is 4.74 Å². The maximum Gasteiger partial charge on any atom is 0.127 e. The molecule has 156 valence electrons. The van der Waals surface area contributed by atoms with Crippen molar-refractivity contribution >= 4 is 11.6 Å². The summed E-state index contributed by atoms with van der Waals surface area (Å²) in [5, 5.41) is 0.735. The van der Waals surface area contributed by atoms with Crippen molar-refractivity contribution in [3.05, 3.63) is 100 Å². The lowest BCUT2D eigenvalue weighted by molar-refractivity contribution is -0.00960. The molecule has 3 aromatic carbocycles. The largest absolute Gasteiger partial charge is 0.497 e. The summed E-state index contributed by atoms with van der Waals surface area (Å²) in [6.45, 7) is 3.14. The van der Waals surface area contributed by atoms with Crippen molar-refractivity contribution in [2.75, 3.05) is 20.2 Å². The molecule has 0 aliphatic carbocycles. The first kappa shape index (κ1) is 20.9. The molecule has 0 N–H and O–H groups in total. The monoisotopic (exact) mass is 424 g/mol. The predicted octanol–water partition coefficient (Wildman–Crippen LogP) is 5.89. The van der Waals surface area contributed by atoms with Crippen LogP contribution in [0.15, 0.2) is 72.8 Å². The highest BCUT2D eigenvalue weighted by Crippen LogP contribution is 2.36. The topological polar surface area (TPSA) is 15.7 Å². The molecular weight excluding hydrogens is 399 g/mol. The minimum absolute atomic E-state index is 0.0294. The molecule has 1 saturated heterocycles. The van der Waals surface area contributed by atoms with Crippen LogP contribution >= 0.6 is 11.6 Å².